The second-order valence-corrected chi connectivity index (χ2v) is 7.57. The van der Waals surface area contributed by atoms with Gasteiger partial charge in [-0.05, 0) is 32.8 Å². The minimum Gasteiger partial charge on any atom is -0.444 e. The van der Waals surface area contributed by atoms with Crippen molar-refractivity contribution in [2.45, 2.75) is 45.6 Å². The summed E-state index contributed by atoms with van der Waals surface area (Å²) in [6.45, 7) is 6.51. The minimum absolute atomic E-state index is 0.105. The Morgan fingerprint density at radius 3 is 2.58 bits per heavy atom. The Kier molecular flexibility index (Phi) is 5.11. The van der Waals surface area contributed by atoms with E-state index in [-0.39, 0.29) is 11.7 Å². The van der Waals surface area contributed by atoms with Crippen molar-refractivity contribution in [3.05, 3.63) is 63.3 Å². The number of rotatable bonds is 2. The first-order valence-corrected chi connectivity index (χ1v) is 8.94. The number of amides is 1. The van der Waals surface area contributed by atoms with E-state index in [9.17, 15) is 9.59 Å². The van der Waals surface area contributed by atoms with Gasteiger partial charge in [0.05, 0.1) is 5.69 Å². The molecule has 26 heavy (non-hydrogen) atoms. The number of fused-ring (bicyclic) bond motifs is 1. The molecule has 0 aliphatic carbocycles. The number of benzene rings is 1. The Morgan fingerprint density at radius 1 is 1.19 bits per heavy atom. The monoisotopic (exact) mass is 355 g/mol. The Labute approximate surface area is 153 Å². The van der Waals surface area contributed by atoms with E-state index in [1.807, 2.05) is 51.1 Å². The Hall–Kier alpha value is -2.63. The van der Waals surface area contributed by atoms with Crippen LogP contribution >= 0.6 is 0 Å². The van der Waals surface area contributed by atoms with Crippen molar-refractivity contribution in [3.8, 4) is 0 Å². The van der Waals surface area contributed by atoms with Gasteiger partial charge in [-0.2, -0.15) is 0 Å². The van der Waals surface area contributed by atoms with E-state index in [1.54, 1.807) is 4.90 Å². The van der Waals surface area contributed by atoms with E-state index in [1.165, 1.54) is 0 Å². The van der Waals surface area contributed by atoms with Crippen molar-refractivity contribution in [2.75, 3.05) is 13.1 Å². The van der Waals surface area contributed by atoms with Crippen LogP contribution in [0.2, 0.25) is 0 Å². The summed E-state index contributed by atoms with van der Waals surface area (Å²) in [5, 5.41) is 0. The van der Waals surface area contributed by atoms with Gasteiger partial charge in [0.15, 0.2) is 0 Å². The predicted molar refractivity (Wildman–Crippen MR) is 99.3 cm³/mol. The fraction of sp³-hybridized carbons (Fsp3) is 0.450. The molecule has 6 heteroatoms. The number of carbonyl (C=O) groups is 1. The van der Waals surface area contributed by atoms with Crippen molar-refractivity contribution in [3.63, 3.8) is 0 Å². The van der Waals surface area contributed by atoms with Gasteiger partial charge in [-0.1, -0.05) is 30.3 Å². The van der Waals surface area contributed by atoms with Crippen LogP contribution in [-0.4, -0.2) is 39.7 Å². The smallest absolute Gasteiger partial charge is 0.410 e. The highest BCUT2D eigenvalue weighted by Crippen LogP contribution is 2.15. The Morgan fingerprint density at radius 2 is 1.88 bits per heavy atom. The Bertz CT molecular complexity index is 838. The van der Waals surface area contributed by atoms with Gasteiger partial charge >= 0.3 is 6.09 Å². The molecule has 6 nitrogen and oxygen atoms in total. The number of carbonyl (C=O) groups excluding carboxylic acids is 1. The van der Waals surface area contributed by atoms with Crippen molar-refractivity contribution in [2.24, 2.45) is 0 Å². The standard InChI is InChI=1S/C20H25N3O3/c1-20(2,3)26-19(25)23-11-9-15-16(10-12-23)21-17(22-18(15)24)13-14-7-5-4-6-8-14/h4-8H,9-13H2,1-3H3,(H,21,22,24). The van der Waals surface area contributed by atoms with Gasteiger partial charge in [0.1, 0.15) is 11.4 Å². The largest absolute Gasteiger partial charge is 0.444 e. The average molecular weight is 355 g/mol. The number of aromatic amines is 1. The fourth-order valence-electron chi connectivity index (χ4n) is 3.04. The van der Waals surface area contributed by atoms with E-state index in [0.717, 1.165) is 11.3 Å². The molecular formula is C20H25N3O3. The van der Waals surface area contributed by atoms with E-state index in [4.69, 9.17) is 4.74 Å². The summed E-state index contributed by atoms with van der Waals surface area (Å²) in [6, 6.07) is 9.92. The second kappa shape index (κ2) is 7.32. The molecule has 0 radical (unpaired) electrons. The van der Waals surface area contributed by atoms with Crippen LogP contribution in [0.4, 0.5) is 4.79 Å². The molecule has 0 unspecified atom stereocenters. The topological polar surface area (TPSA) is 75.3 Å². The molecular weight excluding hydrogens is 330 g/mol. The molecule has 0 spiro atoms. The lowest BCUT2D eigenvalue weighted by atomic mass is 10.1. The van der Waals surface area contributed by atoms with E-state index in [0.29, 0.717) is 43.7 Å². The molecule has 0 saturated heterocycles. The molecule has 0 atom stereocenters. The molecule has 1 N–H and O–H groups in total. The predicted octanol–water partition coefficient (Wildman–Crippen LogP) is 2.70. The number of nitrogens with zero attached hydrogens (tertiary/aromatic N) is 2. The van der Waals surface area contributed by atoms with E-state index in [2.05, 4.69) is 9.97 Å². The highest BCUT2D eigenvalue weighted by atomic mass is 16.6. The van der Waals surface area contributed by atoms with Crippen LogP contribution in [-0.2, 0) is 24.0 Å². The number of hydrogen-bond donors (Lipinski definition) is 1. The number of hydrogen-bond acceptors (Lipinski definition) is 4. The first-order valence-electron chi connectivity index (χ1n) is 8.94. The van der Waals surface area contributed by atoms with Gasteiger partial charge in [0.2, 0.25) is 0 Å². The molecule has 2 heterocycles. The van der Waals surface area contributed by atoms with Crippen molar-refractivity contribution >= 4 is 6.09 Å². The minimum atomic E-state index is -0.533. The maximum atomic E-state index is 12.5. The lowest BCUT2D eigenvalue weighted by Crippen LogP contribution is -2.38. The maximum Gasteiger partial charge on any atom is 0.410 e. The van der Waals surface area contributed by atoms with Crippen LogP contribution in [0.1, 0.15) is 43.4 Å². The molecule has 0 bridgehead atoms. The SMILES string of the molecule is CC(C)(C)OC(=O)N1CCc2nc(Cc3ccccc3)[nH]c(=O)c2CC1. The molecule has 1 aromatic heterocycles. The lowest BCUT2D eigenvalue weighted by molar-refractivity contribution is 0.0258. The normalized spacial score (nSPS) is 14.5. The van der Waals surface area contributed by atoms with Crippen LogP contribution in [0.15, 0.2) is 35.1 Å². The summed E-state index contributed by atoms with van der Waals surface area (Å²) < 4.78 is 5.45. The van der Waals surface area contributed by atoms with Crippen LogP contribution in [0, 0.1) is 0 Å². The van der Waals surface area contributed by atoms with Gasteiger partial charge in [0, 0.05) is 31.5 Å². The lowest BCUT2D eigenvalue weighted by Gasteiger charge is -2.26. The second-order valence-electron chi connectivity index (χ2n) is 7.57. The van der Waals surface area contributed by atoms with Gasteiger partial charge in [-0.3, -0.25) is 4.79 Å². The molecule has 3 rings (SSSR count). The highest BCUT2D eigenvalue weighted by Gasteiger charge is 2.25. The third-order valence-corrected chi connectivity index (χ3v) is 4.27. The van der Waals surface area contributed by atoms with Gasteiger partial charge in [0.25, 0.3) is 5.56 Å². The van der Waals surface area contributed by atoms with Crippen molar-refractivity contribution < 1.29 is 9.53 Å². The summed E-state index contributed by atoms with van der Waals surface area (Å²) in [6.07, 6.45) is 1.29. The van der Waals surface area contributed by atoms with E-state index < -0.39 is 5.60 Å². The summed E-state index contributed by atoms with van der Waals surface area (Å²) in [5.74, 6) is 0.658. The highest BCUT2D eigenvalue weighted by molar-refractivity contribution is 5.68. The summed E-state index contributed by atoms with van der Waals surface area (Å²) in [7, 11) is 0. The number of H-pyrrole nitrogens is 1. The zero-order valence-corrected chi connectivity index (χ0v) is 15.5. The fourth-order valence-corrected chi connectivity index (χ4v) is 3.04. The van der Waals surface area contributed by atoms with Crippen LogP contribution < -0.4 is 5.56 Å². The molecule has 1 aliphatic heterocycles. The average Bonchev–Trinajstić information content (AvgIpc) is 2.77. The van der Waals surface area contributed by atoms with Crippen molar-refractivity contribution in [1.29, 1.82) is 0 Å². The van der Waals surface area contributed by atoms with Crippen LogP contribution in [0.5, 0.6) is 0 Å². The van der Waals surface area contributed by atoms with Gasteiger partial charge in [-0.15, -0.1) is 0 Å². The molecule has 1 aromatic carbocycles. The summed E-state index contributed by atoms with van der Waals surface area (Å²) in [4.78, 5) is 34.0. The zero-order chi connectivity index (χ0) is 18.7. The Balaban J connectivity index is 1.76. The maximum absolute atomic E-state index is 12.5. The third-order valence-electron chi connectivity index (χ3n) is 4.27. The molecule has 1 amide bonds. The number of nitrogens with one attached hydrogen (secondary N) is 1. The molecule has 0 saturated carbocycles. The quantitative estimate of drug-likeness (QED) is 0.899. The van der Waals surface area contributed by atoms with Gasteiger partial charge in [-0.25, -0.2) is 9.78 Å². The summed E-state index contributed by atoms with van der Waals surface area (Å²) >= 11 is 0. The molecule has 138 valence electrons. The number of aromatic nitrogens is 2. The van der Waals surface area contributed by atoms with Crippen LogP contribution in [0.25, 0.3) is 0 Å². The van der Waals surface area contributed by atoms with Crippen LogP contribution in [0.3, 0.4) is 0 Å². The molecule has 2 aromatic rings. The molecule has 0 fully saturated rings. The van der Waals surface area contributed by atoms with E-state index >= 15 is 0 Å². The molecule has 1 aliphatic rings. The first-order chi connectivity index (χ1) is 12.3. The first kappa shape index (κ1) is 18.2. The van der Waals surface area contributed by atoms with Gasteiger partial charge < -0.3 is 14.6 Å². The summed E-state index contributed by atoms with van der Waals surface area (Å²) in [5.41, 5.74) is 1.92. The number of ether oxygens (including phenoxy) is 1. The third kappa shape index (κ3) is 4.50. The zero-order valence-electron chi connectivity index (χ0n) is 15.5. The van der Waals surface area contributed by atoms with Crippen molar-refractivity contribution in [1.82, 2.24) is 14.9 Å².